The molecular weight excluding hydrogens is 216 g/mol. The van der Waals surface area contributed by atoms with E-state index in [9.17, 15) is 4.79 Å². The predicted octanol–water partition coefficient (Wildman–Crippen LogP) is 2.07. The van der Waals surface area contributed by atoms with Crippen molar-refractivity contribution in [2.45, 2.75) is 25.9 Å². The van der Waals surface area contributed by atoms with Gasteiger partial charge in [-0.15, -0.1) is 5.92 Å². The number of hydrogen-bond acceptors (Lipinski definition) is 3. The molecule has 3 nitrogen and oxygen atoms in total. The molecule has 0 aromatic heterocycles. The fourth-order valence-corrected chi connectivity index (χ4v) is 1.51. The molecule has 1 unspecified atom stereocenters. The first-order valence-electron chi connectivity index (χ1n) is 5.52. The van der Waals surface area contributed by atoms with Gasteiger partial charge in [0.15, 0.2) is 0 Å². The lowest BCUT2D eigenvalue weighted by Crippen LogP contribution is -2.08. The fraction of sp³-hybridized carbons (Fsp3) is 0.357. The van der Waals surface area contributed by atoms with Gasteiger partial charge in [0.2, 0.25) is 0 Å². The zero-order valence-corrected chi connectivity index (χ0v) is 9.85. The van der Waals surface area contributed by atoms with Crippen LogP contribution >= 0.6 is 0 Å². The minimum atomic E-state index is -0.297. The molecule has 0 spiro atoms. The molecule has 1 aromatic carbocycles. The first-order chi connectivity index (χ1) is 8.24. The number of rotatable bonds is 4. The monoisotopic (exact) mass is 232 g/mol. The van der Waals surface area contributed by atoms with Crippen LogP contribution in [0.2, 0.25) is 0 Å². The van der Waals surface area contributed by atoms with Gasteiger partial charge in [-0.25, -0.2) is 0 Å². The summed E-state index contributed by atoms with van der Waals surface area (Å²) in [6.07, 6.45) is 0.964. The van der Waals surface area contributed by atoms with Gasteiger partial charge in [-0.2, -0.15) is 0 Å². The van der Waals surface area contributed by atoms with Gasteiger partial charge in [0, 0.05) is 13.3 Å². The van der Waals surface area contributed by atoms with Crippen LogP contribution in [0.25, 0.3) is 0 Å². The summed E-state index contributed by atoms with van der Waals surface area (Å²) in [5.41, 5.74) is 0.966. The molecule has 1 aromatic rings. The van der Waals surface area contributed by atoms with Crippen molar-refractivity contribution in [1.29, 1.82) is 0 Å². The zero-order chi connectivity index (χ0) is 12.5. The molecular formula is C14H16O3. The van der Waals surface area contributed by atoms with E-state index in [0.717, 1.165) is 5.56 Å². The maximum Gasteiger partial charge on any atom is 0.303 e. The van der Waals surface area contributed by atoms with Crippen LogP contribution in [0.1, 0.15) is 31.4 Å². The van der Waals surface area contributed by atoms with Gasteiger partial charge < -0.3 is 9.84 Å². The van der Waals surface area contributed by atoms with Crippen molar-refractivity contribution < 1.29 is 14.6 Å². The summed E-state index contributed by atoms with van der Waals surface area (Å²) in [4.78, 5) is 11.0. The molecule has 0 radical (unpaired) electrons. The van der Waals surface area contributed by atoms with Gasteiger partial charge in [-0.3, -0.25) is 4.79 Å². The quantitative estimate of drug-likeness (QED) is 0.638. The Kier molecular flexibility index (Phi) is 5.84. The van der Waals surface area contributed by atoms with Gasteiger partial charge in [-0.1, -0.05) is 36.3 Å². The Morgan fingerprint density at radius 2 is 2.06 bits per heavy atom. The van der Waals surface area contributed by atoms with Crippen LogP contribution in [0.3, 0.4) is 0 Å². The number of carbonyl (C=O) groups is 1. The lowest BCUT2D eigenvalue weighted by atomic mass is 10.0. The normalized spacial score (nSPS) is 11.2. The standard InChI is InChI=1S/C14H16O3/c1-12(16)17-14(10-6-3-7-11-15)13-8-4-2-5-9-13/h2,4-5,8-9,14-15H,6,10-11H2,1H3. The van der Waals surface area contributed by atoms with E-state index in [2.05, 4.69) is 11.8 Å². The molecule has 1 rings (SSSR count). The molecule has 90 valence electrons. The molecule has 17 heavy (non-hydrogen) atoms. The van der Waals surface area contributed by atoms with Crippen molar-refractivity contribution in [1.82, 2.24) is 0 Å². The van der Waals surface area contributed by atoms with Crippen molar-refractivity contribution in [2.75, 3.05) is 6.61 Å². The topological polar surface area (TPSA) is 46.5 Å². The average molecular weight is 232 g/mol. The highest BCUT2D eigenvalue weighted by Gasteiger charge is 2.13. The number of esters is 1. The second-order valence-electron chi connectivity index (χ2n) is 3.56. The van der Waals surface area contributed by atoms with E-state index in [-0.39, 0.29) is 18.7 Å². The average Bonchev–Trinajstić information content (AvgIpc) is 2.34. The van der Waals surface area contributed by atoms with E-state index < -0.39 is 0 Å². The van der Waals surface area contributed by atoms with Crippen LogP contribution in [0.15, 0.2) is 30.3 Å². The molecule has 0 amide bonds. The predicted molar refractivity (Wildman–Crippen MR) is 65.0 cm³/mol. The van der Waals surface area contributed by atoms with Gasteiger partial charge in [0.05, 0.1) is 0 Å². The largest absolute Gasteiger partial charge is 0.458 e. The molecule has 0 aliphatic carbocycles. The highest BCUT2D eigenvalue weighted by atomic mass is 16.5. The summed E-state index contributed by atoms with van der Waals surface area (Å²) in [5, 5.41) is 8.53. The SMILES string of the molecule is CC(=O)OC(CCC#CCO)c1ccccc1. The minimum absolute atomic E-state index is 0.135. The molecule has 0 heterocycles. The molecule has 0 saturated heterocycles. The van der Waals surface area contributed by atoms with Crippen molar-refractivity contribution >= 4 is 5.97 Å². The fourth-order valence-electron chi connectivity index (χ4n) is 1.51. The Bertz CT molecular complexity index is 400. The Balaban J connectivity index is 2.64. The summed E-state index contributed by atoms with van der Waals surface area (Å²) in [6.45, 7) is 1.26. The Hall–Kier alpha value is -1.79. The van der Waals surface area contributed by atoms with Crippen LogP contribution in [0.4, 0.5) is 0 Å². The van der Waals surface area contributed by atoms with E-state index >= 15 is 0 Å². The zero-order valence-electron chi connectivity index (χ0n) is 9.85. The number of benzene rings is 1. The van der Waals surface area contributed by atoms with Crippen molar-refractivity contribution in [3.8, 4) is 11.8 Å². The summed E-state index contributed by atoms with van der Waals surface area (Å²) in [5.74, 6) is 5.09. The van der Waals surface area contributed by atoms with E-state index in [4.69, 9.17) is 9.84 Å². The second-order valence-corrected chi connectivity index (χ2v) is 3.56. The van der Waals surface area contributed by atoms with Gasteiger partial charge >= 0.3 is 5.97 Å². The van der Waals surface area contributed by atoms with Gasteiger partial charge in [0.25, 0.3) is 0 Å². The van der Waals surface area contributed by atoms with E-state index in [1.165, 1.54) is 6.92 Å². The number of aliphatic hydroxyl groups excluding tert-OH is 1. The number of hydrogen-bond donors (Lipinski definition) is 1. The first kappa shape index (κ1) is 13.3. The third kappa shape index (κ3) is 5.19. The summed E-state index contributed by atoms with van der Waals surface area (Å²) in [7, 11) is 0. The number of ether oxygens (including phenoxy) is 1. The molecule has 1 N–H and O–H groups in total. The van der Waals surface area contributed by atoms with Crippen LogP contribution in [0, 0.1) is 11.8 Å². The Labute approximate surface area is 101 Å². The smallest absolute Gasteiger partial charge is 0.303 e. The van der Waals surface area contributed by atoms with Crippen LogP contribution < -0.4 is 0 Å². The molecule has 0 saturated carbocycles. The third-order valence-corrected chi connectivity index (χ3v) is 2.22. The Morgan fingerprint density at radius 3 is 2.65 bits per heavy atom. The molecule has 0 bridgehead atoms. The highest BCUT2D eigenvalue weighted by Crippen LogP contribution is 2.22. The van der Waals surface area contributed by atoms with Crippen molar-refractivity contribution in [2.24, 2.45) is 0 Å². The van der Waals surface area contributed by atoms with Crippen LogP contribution in [0.5, 0.6) is 0 Å². The minimum Gasteiger partial charge on any atom is -0.458 e. The molecule has 1 atom stereocenters. The number of carbonyl (C=O) groups excluding carboxylic acids is 1. The molecule has 0 aliphatic heterocycles. The van der Waals surface area contributed by atoms with Crippen LogP contribution in [-0.4, -0.2) is 17.7 Å². The molecule has 3 heteroatoms. The Morgan fingerprint density at radius 1 is 1.35 bits per heavy atom. The summed E-state index contributed by atoms with van der Waals surface area (Å²) in [6, 6.07) is 9.58. The number of aliphatic hydroxyl groups is 1. The van der Waals surface area contributed by atoms with E-state index in [1.54, 1.807) is 0 Å². The lowest BCUT2D eigenvalue weighted by Gasteiger charge is -2.16. The maximum atomic E-state index is 11.0. The second kappa shape index (κ2) is 7.48. The first-order valence-corrected chi connectivity index (χ1v) is 5.52. The summed E-state index contributed by atoms with van der Waals surface area (Å²) >= 11 is 0. The summed E-state index contributed by atoms with van der Waals surface area (Å²) < 4.78 is 5.25. The van der Waals surface area contributed by atoms with E-state index in [0.29, 0.717) is 12.8 Å². The van der Waals surface area contributed by atoms with Crippen LogP contribution in [-0.2, 0) is 9.53 Å². The highest BCUT2D eigenvalue weighted by molar-refractivity contribution is 5.66. The van der Waals surface area contributed by atoms with E-state index in [1.807, 2.05) is 30.3 Å². The molecule has 0 fully saturated rings. The van der Waals surface area contributed by atoms with Crippen molar-refractivity contribution in [3.63, 3.8) is 0 Å². The molecule has 0 aliphatic rings. The lowest BCUT2D eigenvalue weighted by molar-refractivity contribution is -0.147. The third-order valence-electron chi connectivity index (χ3n) is 2.22. The van der Waals surface area contributed by atoms with Gasteiger partial charge in [0.1, 0.15) is 12.7 Å². The van der Waals surface area contributed by atoms with Gasteiger partial charge in [-0.05, 0) is 12.0 Å². The van der Waals surface area contributed by atoms with Crippen molar-refractivity contribution in [3.05, 3.63) is 35.9 Å². The maximum absolute atomic E-state index is 11.0.